The fraction of sp³-hybridized carbons (Fsp3) is 0.292. The monoisotopic (exact) mass is 477 g/mol. The Bertz CT molecular complexity index is 1420. The molecule has 1 amide bonds. The lowest BCUT2D eigenvalue weighted by Gasteiger charge is -2.31. The molecule has 0 saturated carbocycles. The number of hydrogen-bond donors (Lipinski definition) is 1. The van der Waals surface area contributed by atoms with Gasteiger partial charge in [-0.25, -0.2) is 4.98 Å². The summed E-state index contributed by atoms with van der Waals surface area (Å²) in [6.07, 6.45) is 1.16. The van der Waals surface area contributed by atoms with Gasteiger partial charge in [-0.15, -0.1) is 5.10 Å². The fourth-order valence-corrected chi connectivity index (χ4v) is 4.92. The fourth-order valence-electron chi connectivity index (χ4n) is 4.10. The number of fused-ring (bicyclic) bond motifs is 2. The summed E-state index contributed by atoms with van der Waals surface area (Å²) in [6, 6.07) is 14.5. The summed E-state index contributed by atoms with van der Waals surface area (Å²) in [5.74, 6) is -0.498. The van der Waals surface area contributed by atoms with Crippen LogP contribution in [0.25, 0.3) is 15.9 Å². The number of para-hydroxylation sites is 1. The van der Waals surface area contributed by atoms with Gasteiger partial charge in [0.1, 0.15) is 0 Å². The molecular formula is C24H23N5O4S. The summed E-state index contributed by atoms with van der Waals surface area (Å²) in [6.45, 7) is 3.12. The minimum absolute atomic E-state index is 0.137. The van der Waals surface area contributed by atoms with E-state index in [1.54, 1.807) is 30.0 Å². The number of nitrogens with zero attached hydrogens (tertiary/aromatic N) is 4. The smallest absolute Gasteiger partial charge is 0.309 e. The van der Waals surface area contributed by atoms with E-state index >= 15 is 0 Å². The zero-order valence-corrected chi connectivity index (χ0v) is 19.4. The highest BCUT2D eigenvalue weighted by Crippen LogP contribution is 2.24. The SMILES string of the molecule is CCOC(=O)C1CCN(C(=O)c2ccc3c(=O)n4nc(Nc5ccccc5)sc4nc3c2)CC1. The van der Waals surface area contributed by atoms with Crippen molar-refractivity contribution in [3.63, 3.8) is 0 Å². The second-order valence-corrected chi connectivity index (χ2v) is 9.02. The predicted molar refractivity (Wildman–Crippen MR) is 130 cm³/mol. The first-order valence-corrected chi connectivity index (χ1v) is 12.0. The number of benzene rings is 2. The zero-order valence-electron chi connectivity index (χ0n) is 18.6. The predicted octanol–water partition coefficient (Wildman–Crippen LogP) is 3.46. The van der Waals surface area contributed by atoms with E-state index < -0.39 is 0 Å². The molecule has 34 heavy (non-hydrogen) atoms. The van der Waals surface area contributed by atoms with Crippen LogP contribution in [0.15, 0.2) is 53.3 Å². The molecule has 0 bridgehead atoms. The molecule has 0 atom stereocenters. The van der Waals surface area contributed by atoms with Crippen molar-refractivity contribution < 1.29 is 14.3 Å². The van der Waals surface area contributed by atoms with Crippen LogP contribution in [0.1, 0.15) is 30.1 Å². The molecule has 1 fully saturated rings. The summed E-state index contributed by atoms with van der Waals surface area (Å²) in [7, 11) is 0. The first-order chi connectivity index (χ1) is 16.5. The van der Waals surface area contributed by atoms with Crippen LogP contribution in [-0.2, 0) is 9.53 Å². The Balaban J connectivity index is 1.38. The number of likely N-dealkylation sites (tertiary alicyclic amines) is 1. The molecule has 9 nitrogen and oxygen atoms in total. The van der Waals surface area contributed by atoms with Crippen LogP contribution < -0.4 is 10.9 Å². The highest BCUT2D eigenvalue weighted by Gasteiger charge is 2.29. The molecule has 1 N–H and O–H groups in total. The summed E-state index contributed by atoms with van der Waals surface area (Å²) in [5, 5.41) is 8.48. The van der Waals surface area contributed by atoms with E-state index in [-0.39, 0.29) is 23.4 Å². The minimum Gasteiger partial charge on any atom is -0.466 e. The highest BCUT2D eigenvalue weighted by atomic mass is 32.1. The average Bonchev–Trinajstić information content (AvgIpc) is 3.26. The van der Waals surface area contributed by atoms with E-state index in [1.807, 2.05) is 30.3 Å². The number of carbonyl (C=O) groups excluding carboxylic acids is 2. The van der Waals surface area contributed by atoms with Crippen molar-refractivity contribution in [2.45, 2.75) is 19.8 Å². The number of aromatic nitrogens is 3. The third kappa shape index (κ3) is 4.24. The Morgan fingerprint density at radius 2 is 1.91 bits per heavy atom. The van der Waals surface area contributed by atoms with Crippen molar-refractivity contribution in [2.75, 3.05) is 25.0 Å². The van der Waals surface area contributed by atoms with Gasteiger partial charge in [0, 0.05) is 24.3 Å². The molecule has 5 rings (SSSR count). The molecule has 174 valence electrons. The van der Waals surface area contributed by atoms with Gasteiger partial charge in [0.2, 0.25) is 10.1 Å². The third-order valence-corrected chi connectivity index (χ3v) is 6.69. The third-order valence-electron chi connectivity index (χ3n) is 5.87. The van der Waals surface area contributed by atoms with Crippen molar-refractivity contribution in [1.82, 2.24) is 19.5 Å². The molecule has 4 aromatic rings. The maximum absolute atomic E-state index is 13.1. The Labute approximate surface area is 199 Å². The highest BCUT2D eigenvalue weighted by molar-refractivity contribution is 7.20. The van der Waals surface area contributed by atoms with Crippen molar-refractivity contribution in [1.29, 1.82) is 0 Å². The molecule has 0 unspecified atom stereocenters. The van der Waals surface area contributed by atoms with Crippen LogP contribution in [0.4, 0.5) is 10.8 Å². The van der Waals surface area contributed by atoms with Gasteiger partial charge in [0.25, 0.3) is 11.5 Å². The molecule has 3 heterocycles. The van der Waals surface area contributed by atoms with E-state index in [9.17, 15) is 14.4 Å². The van der Waals surface area contributed by atoms with Crippen molar-refractivity contribution >= 4 is 49.9 Å². The Morgan fingerprint density at radius 3 is 2.65 bits per heavy atom. The standard InChI is InChI=1S/C24H23N5O4S/c1-2-33-22(32)15-10-12-28(13-11-15)20(30)16-8-9-18-19(14-16)26-24-29(21(18)31)27-23(34-24)25-17-6-4-3-5-7-17/h3-9,14-15H,2,10-13H2,1H3,(H,25,27). The average molecular weight is 478 g/mol. The van der Waals surface area contributed by atoms with E-state index in [0.29, 0.717) is 59.1 Å². The number of hydrogen-bond acceptors (Lipinski definition) is 8. The van der Waals surface area contributed by atoms with Crippen LogP contribution in [0, 0.1) is 5.92 Å². The summed E-state index contributed by atoms with van der Waals surface area (Å²) < 4.78 is 6.38. The molecule has 0 radical (unpaired) electrons. The van der Waals surface area contributed by atoms with Gasteiger partial charge in [0.05, 0.1) is 23.4 Å². The zero-order chi connectivity index (χ0) is 23.7. The molecule has 2 aromatic carbocycles. The topological polar surface area (TPSA) is 106 Å². The number of anilines is 2. The number of piperidine rings is 1. The van der Waals surface area contributed by atoms with Crippen LogP contribution in [0.2, 0.25) is 0 Å². The first kappa shape index (κ1) is 22.0. The van der Waals surface area contributed by atoms with Crippen LogP contribution in [-0.4, -0.2) is 51.1 Å². The largest absolute Gasteiger partial charge is 0.466 e. The number of amides is 1. The van der Waals surface area contributed by atoms with Gasteiger partial charge in [-0.1, -0.05) is 29.5 Å². The number of rotatable bonds is 5. The number of nitrogens with one attached hydrogen (secondary N) is 1. The van der Waals surface area contributed by atoms with Crippen LogP contribution in [0.5, 0.6) is 0 Å². The lowest BCUT2D eigenvalue weighted by Crippen LogP contribution is -2.40. The lowest BCUT2D eigenvalue weighted by atomic mass is 9.96. The van der Waals surface area contributed by atoms with E-state index in [4.69, 9.17) is 4.74 Å². The number of carbonyl (C=O) groups is 2. The molecule has 1 saturated heterocycles. The van der Waals surface area contributed by atoms with E-state index in [0.717, 1.165) is 5.69 Å². The van der Waals surface area contributed by atoms with E-state index in [2.05, 4.69) is 15.4 Å². The van der Waals surface area contributed by atoms with Gasteiger partial charge in [-0.2, -0.15) is 4.52 Å². The number of ether oxygens (including phenoxy) is 1. The molecule has 0 spiro atoms. The molecule has 10 heteroatoms. The van der Waals surface area contributed by atoms with Crippen LogP contribution in [0.3, 0.4) is 0 Å². The molecule has 1 aliphatic rings. The minimum atomic E-state index is -0.286. The van der Waals surface area contributed by atoms with Crippen molar-refractivity contribution in [3.05, 3.63) is 64.4 Å². The van der Waals surface area contributed by atoms with Gasteiger partial charge in [-0.3, -0.25) is 14.4 Å². The van der Waals surface area contributed by atoms with Gasteiger partial charge in [0.15, 0.2) is 0 Å². The lowest BCUT2D eigenvalue weighted by molar-refractivity contribution is -0.149. The van der Waals surface area contributed by atoms with E-state index in [1.165, 1.54) is 15.9 Å². The van der Waals surface area contributed by atoms with Gasteiger partial charge in [-0.05, 0) is 50.1 Å². The summed E-state index contributed by atoms with van der Waals surface area (Å²) >= 11 is 1.26. The summed E-state index contributed by atoms with van der Waals surface area (Å²) in [4.78, 5) is 44.8. The van der Waals surface area contributed by atoms with Crippen molar-refractivity contribution in [2.24, 2.45) is 5.92 Å². The molecule has 2 aromatic heterocycles. The summed E-state index contributed by atoms with van der Waals surface area (Å²) in [5.41, 5.74) is 1.49. The Hall–Kier alpha value is -3.79. The Morgan fingerprint density at radius 1 is 1.15 bits per heavy atom. The van der Waals surface area contributed by atoms with Crippen molar-refractivity contribution in [3.8, 4) is 0 Å². The normalized spacial score (nSPS) is 14.4. The van der Waals surface area contributed by atoms with Crippen LogP contribution >= 0.6 is 11.3 Å². The molecule has 0 aliphatic carbocycles. The maximum Gasteiger partial charge on any atom is 0.309 e. The Kier molecular flexibility index (Phi) is 5.97. The molecular weight excluding hydrogens is 454 g/mol. The van der Waals surface area contributed by atoms with Gasteiger partial charge >= 0.3 is 5.97 Å². The molecule has 1 aliphatic heterocycles. The van der Waals surface area contributed by atoms with Gasteiger partial charge < -0.3 is 15.0 Å². The maximum atomic E-state index is 13.1. The number of esters is 1. The second-order valence-electron chi connectivity index (χ2n) is 8.06. The first-order valence-electron chi connectivity index (χ1n) is 11.1. The quantitative estimate of drug-likeness (QED) is 0.439. The second kappa shape index (κ2) is 9.22.